The molecule has 0 spiro atoms. The highest BCUT2D eigenvalue weighted by Crippen LogP contribution is 2.38. The van der Waals surface area contributed by atoms with E-state index in [0.717, 1.165) is 38.5 Å². The first-order valence-electron chi connectivity index (χ1n) is 8.54. The summed E-state index contributed by atoms with van der Waals surface area (Å²) in [6, 6.07) is 20.2. The van der Waals surface area contributed by atoms with Gasteiger partial charge in [0.1, 0.15) is 12.4 Å². The van der Waals surface area contributed by atoms with Crippen LogP contribution in [0.15, 0.2) is 67.0 Å². The van der Waals surface area contributed by atoms with E-state index in [0.29, 0.717) is 0 Å². The summed E-state index contributed by atoms with van der Waals surface area (Å²) in [6.45, 7) is 3.32. The average molecular weight is 342 g/mol. The number of benzene rings is 3. The van der Waals surface area contributed by atoms with E-state index in [1.165, 1.54) is 6.92 Å². The summed E-state index contributed by atoms with van der Waals surface area (Å²) in [5.41, 5.74) is 3.65. The van der Waals surface area contributed by atoms with Gasteiger partial charge in [-0.05, 0) is 23.8 Å². The number of fused-ring (bicyclic) bond motifs is 2. The molecule has 1 atom stereocenters. The molecular weight excluding hydrogens is 324 g/mol. The smallest absolute Gasteiger partial charge is 0.303 e. The average Bonchev–Trinajstić information content (AvgIpc) is 2.66. The summed E-state index contributed by atoms with van der Waals surface area (Å²) in [7, 11) is 0. The normalized spacial score (nSPS) is 12.2. The molecule has 26 heavy (non-hydrogen) atoms. The number of nitrogens with zero attached hydrogens (tertiary/aromatic N) is 2. The third-order valence-corrected chi connectivity index (χ3v) is 4.52. The van der Waals surface area contributed by atoms with Crippen molar-refractivity contribution in [2.75, 3.05) is 0 Å². The lowest BCUT2D eigenvalue weighted by atomic mass is 9.92. The van der Waals surface area contributed by atoms with Gasteiger partial charge in [0, 0.05) is 23.4 Å². The van der Waals surface area contributed by atoms with Crippen LogP contribution in [0.2, 0.25) is 0 Å². The summed E-state index contributed by atoms with van der Waals surface area (Å²) >= 11 is 0. The highest BCUT2D eigenvalue weighted by Gasteiger charge is 2.19. The van der Waals surface area contributed by atoms with Gasteiger partial charge in [-0.25, -0.2) is 9.97 Å². The topological polar surface area (TPSA) is 52.1 Å². The van der Waals surface area contributed by atoms with Crippen LogP contribution < -0.4 is 0 Å². The fraction of sp³-hybridized carbons (Fsp3) is 0.136. The second kappa shape index (κ2) is 6.56. The zero-order chi connectivity index (χ0) is 18.1. The van der Waals surface area contributed by atoms with Gasteiger partial charge in [-0.1, -0.05) is 54.6 Å². The monoisotopic (exact) mass is 342 g/mol. The van der Waals surface area contributed by atoms with Crippen molar-refractivity contribution >= 4 is 27.6 Å². The van der Waals surface area contributed by atoms with Gasteiger partial charge in [-0.3, -0.25) is 4.79 Å². The number of ether oxygens (including phenoxy) is 1. The quantitative estimate of drug-likeness (QED) is 0.488. The van der Waals surface area contributed by atoms with Gasteiger partial charge in [0.2, 0.25) is 0 Å². The van der Waals surface area contributed by atoms with Crippen LogP contribution in [0, 0.1) is 0 Å². The molecule has 4 rings (SSSR count). The summed E-state index contributed by atoms with van der Waals surface area (Å²) in [5, 5.41) is 3.17. The first-order chi connectivity index (χ1) is 12.6. The molecular formula is C22H18N2O2. The molecule has 0 aliphatic rings. The maximum atomic E-state index is 11.5. The van der Waals surface area contributed by atoms with E-state index >= 15 is 0 Å². The third-order valence-electron chi connectivity index (χ3n) is 4.52. The van der Waals surface area contributed by atoms with Crippen LogP contribution in [0.25, 0.3) is 32.9 Å². The number of esters is 1. The van der Waals surface area contributed by atoms with E-state index in [9.17, 15) is 4.79 Å². The second-order valence-electron chi connectivity index (χ2n) is 6.24. The molecule has 0 radical (unpaired) electrons. The van der Waals surface area contributed by atoms with Crippen molar-refractivity contribution in [3.63, 3.8) is 0 Å². The Balaban J connectivity index is 2.07. The van der Waals surface area contributed by atoms with E-state index in [1.54, 1.807) is 6.33 Å². The van der Waals surface area contributed by atoms with Crippen molar-refractivity contribution in [2.24, 2.45) is 0 Å². The molecule has 3 aromatic carbocycles. The SMILES string of the molecule is CC(=O)O[C@H](C)c1ccc2ccccc2c1-c1ncnc2ccccc12. The van der Waals surface area contributed by atoms with Crippen LogP contribution in [-0.4, -0.2) is 15.9 Å². The number of hydrogen-bond acceptors (Lipinski definition) is 4. The Morgan fingerprint density at radius 3 is 2.46 bits per heavy atom. The maximum absolute atomic E-state index is 11.5. The lowest BCUT2D eigenvalue weighted by molar-refractivity contribution is -0.145. The zero-order valence-corrected chi connectivity index (χ0v) is 14.6. The first-order valence-corrected chi connectivity index (χ1v) is 8.54. The molecule has 4 heteroatoms. The minimum Gasteiger partial charge on any atom is -0.458 e. The summed E-state index contributed by atoms with van der Waals surface area (Å²) in [4.78, 5) is 20.5. The van der Waals surface area contributed by atoms with Crippen molar-refractivity contribution in [1.82, 2.24) is 9.97 Å². The molecule has 0 bridgehead atoms. The zero-order valence-electron chi connectivity index (χ0n) is 14.6. The van der Waals surface area contributed by atoms with Crippen molar-refractivity contribution in [1.29, 1.82) is 0 Å². The van der Waals surface area contributed by atoms with Crippen LogP contribution >= 0.6 is 0 Å². The molecule has 0 amide bonds. The highest BCUT2D eigenvalue weighted by molar-refractivity contribution is 6.04. The third kappa shape index (κ3) is 2.80. The van der Waals surface area contributed by atoms with E-state index < -0.39 is 0 Å². The molecule has 4 aromatic rings. The van der Waals surface area contributed by atoms with Crippen molar-refractivity contribution in [3.8, 4) is 11.3 Å². The Labute approximate surface area is 151 Å². The molecule has 0 saturated carbocycles. The Bertz CT molecular complexity index is 1120. The minimum atomic E-state index is -0.374. The molecule has 0 aliphatic carbocycles. The number of para-hydroxylation sites is 1. The summed E-state index contributed by atoms with van der Waals surface area (Å²) in [5.74, 6) is -0.302. The number of aromatic nitrogens is 2. The molecule has 0 unspecified atom stereocenters. The van der Waals surface area contributed by atoms with Crippen molar-refractivity contribution in [3.05, 3.63) is 72.6 Å². The van der Waals surface area contributed by atoms with Crippen LogP contribution in [0.5, 0.6) is 0 Å². The Morgan fingerprint density at radius 2 is 1.65 bits per heavy atom. The standard InChI is InChI=1S/C22H18N2O2/c1-14(26-15(2)25)17-12-11-16-7-3-4-8-18(16)21(17)22-19-9-5-6-10-20(19)23-13-24-22/h3-14H,1-2H3/t14-/m1/s1. The summed E-state index contributed by atoms with van der Waals surface area (Å²) < 4.78 is 5.48. The molecule has 1 heterocycles. The molecule has 0 aliphatic heterocycles. The Morgan fingerprint density at radius 1 is 0.923 bits per heavy atom. The lowest BCUT2D eigenvalue weighted by Gasteiger charge is -2.19. The maximum Gasteiger partial charge on any atom is 0.303 e. The van der Waals surface area contributed by atoms with Gasteiger partial charge in [0.05, 0.1) is 11.2 Å². The van der Waals surface area contributed by atoms with Crippen LogP contribution in [0.3, 0.4) is 0 Å². The number of hydrogen-bond donors (Lipinski definition) is 0. The summed E-state index contributed by atoms with van der Waals surface area (Å²) in [6.07, 6.45) is 1.21. The van der Waals surface area contributed by atoms with Gasteiger partial charge in [-0.2, -0.15) is 0 Å². The fourth-order valence-corrected chi connectivity index (χ4v) is 3.41. The first kappa shape index (κ1) is 16.2. The second-order valence-corrected chi connectivity index (χ2v) is 6.24. The fourth-order valence-electron chi connectivity index (χ4n) is 3.41. The number of carbonyl (C=O) groups is 1. The van der Waals surface area contributed by atoms with Gasteiger partial charge in [-0.15, -0.1) is 0 Å². The highest BCUT2D eigenvalue weighted by atomic mass is 16.5. The van der Waals surface area contributed by atoms with E-state index in [1.807, 2.05) is 49.4 Å². The van der Waals surface area contributed by atoms with Gasteiger partial charge in [0.25, 0.3) is 0 Å². The van der Waals surface area contributed by atoms with Crippen LogP contribution in [-0.2, 0) is 9.53 Å². The van der Waals surface area contributed by atoms with E-state index in [4.69, 9.17) is 4.74 Å². The predicted molar refractivity (Wildman–Crippen MR) is 103 cm³/mol. The number of rotatable bonds is 3. The van der Waals surface area contributed by atoms with Gasteiger partial charge in [0.15, 0.2) is 0 Å². The number of carbonyl (C=O) groups excluding carboxylic acids is 1. The largest absolute Gasteiger partial charge is 0.458 e. The Kier molecular flexibility index (Phi) is 4.09. The molecule has 0 saturated heterocycles. The van der Waals surface area contributed by atoms with Gasteiger partial charge >= 0.3 is 5.97 Å². The van der Waals surface area contributed by atoms with Gasteiger partial charge < -0.3 is 4.74 Å². The van der Waals surface area contributed by atoms with Crippen LogP contribution in [0.1, 0.15) is 25.5 Å². The van der Waals surface area contributed by atoms with Crippen molar-refractivity contribution in [2.45, 2.75) is 20.0 Å². The van der Waals surface area contributed by atoms with E-state index in [-0.39, 0.29) is 12.1 Å². The molecule has 1 aromatic heterocycles. The minimum absolute atomic E-state index is 0.302. The molecule has 128 valence electrons. The Hall–Kier alpha value is -3.27. The van der Waals surface area contributed by atoms with Crippen molar-refractivity contribution < 1.29 is 9.53 Å². The van der Waals surface area contributed by atoms with E-state index in [2.05, 4.69) is 28.2 Å². The lowest BCUT2D eigenvalue weighted by Crippen LogP contribution is -2.07. The molecule has 0 N–H and O–H groups in total. The predicted octanol–water partition coefficient (Wildman–Crippen LogP) is 5.07. The molecule has 0 fully saturated rings. The molecule has 4 nitrogen and oxygen atoms in total. The van der Waals surface area contributed by atoms with Crippen LogP contribution in [0.4, 0.5) is 0 Å².